The van der Waals surface area contributed by atoms with Gasteiger partial charge in [-0.2, -0.15) is 10.1 Å². The molecule has 0 spiro atoms. The number of hydrogen-bond acceptors (Lipinski definition) is 14. The van der Waals surface area contributed by atoms with Crippen LogP contribution in [0.2, 0.25) is 0 Å². The van der Waals surface area contributed by atoms with E-state index in [9.17, 15) is 19.2 Å². The zero-order valence-corrected chi connectivity index (χ0v) is 56.4. The number of aromatic nitrogens is 4. The number of aryl methyl sites for hydroxylation is 1. The van der Waals surface area contributed by atoms with Crippen molar-refractivity contribution in [2.24, 2.45) is 0 Å². The number of nitrogens with zero attached hydrogens (tertiary/aromatic N) is 12. The summed E-state index contributed by atoms with van der Waals surface area (Å²) >= 11 is 3.44. The molecule has 4 unspecified atom stereocenters. The number of urea groups is 4. The zero-order chi connectivity index (χ0) is 64.1. The number of hydrogen-bond donors (Lipinski definition) is 0. The number of rotatable bonds is 13. The summed E-state index contributed by atoms with van der Waals surface area (Å²) in [4.78, 5) is 84.3. The van der Waals surface area contributed by atoms with Gasteiger partial charge in [-0.1, -0.05) is 161 Å². The van der Waals surface area contributed by atoms with Crippen molar-refractivity contribution in [3.8, 4) is 0 Å². The van der Waals surface area contributed by atoms with E-state index in [0.717, 1.165) is 45.9 Å². The van der Waals surface area contributed by atoms with Crippen molar-refractivity contribution >= 4 is 75.3 Å². The maximum atomic E-state index is 12.0. The van der Waals surface area contributed by atoms with Gasteiger partial charge in [-0.15, -0.1) is 13.2 Å². The fourth-order valence-corrected chi connectivity index (χ4v) is 13.1. The minimum atomic E-state index is -0.332. The number of benzene rings is 3. The number of halogens is 1. The third kappa shape index (κ3) is 17.4. The SMILES string of the molecule is C/C=C/P(c1ccccc1)c1ccccc1.C=CCON1C(=O)N2CC=C(Br)C1C2.C=CCON1C(=O)N2CC=C(c3ncco3)C1C2.CCN1C(=O)N2CC=C(c3cnco3)C1C2.Cc1ncco1.[CH2-]N1C(=O)N2CC=C(c3ncco3)C1C2.[Na+].c1ccccc1. The Hall–Kier alpha value is -8.41. The second kappa shape index (κ2) is 34.9. The minimum absolute atomic E-state index is 0. The summed E-state index contributed by atoms with van der Waals surface area (Å²) in [6.07, 6.45) is 25.9. The van der Waals surface area contributed by atoms with Crippen molar-refractivity contribution < 1.29 is 76.1 Å². The third-order valence-electron chi connectivity index (χ3n) is 15.0. The minimum Gasteiger partial charge on any atom is -0.470 e. The van der Waals surface area contributed by atoms with E-state index in [2.05, 4.69) is 142 Å². The van der Waals surface area contributed by atoms with Crippen LogP contribution in [0.15, 0.2) is 231 Å². The van der Waals surface area contributed by atoms with Crippen LogP contribution in [0.25, 0.3) is 16.7 Å². The molecule has 474 valence electrons. The van der Waals surface area contributed by atoms with Crippen molar-refractivity contribution in [2.75, 3.05) is 72.1 Å². The Balaban J connectivity index is 0.000000141. The van der Waals surface area contributed by atoms with Gasteiger partial charge in [0.2, 0.25) is 11.8 Å². The van der Waals surface area contributed by atoms with E-state index in [4.69, 9.17) is 27.3 Å². The first-order valence-electron chi connectivity index (χ1n) is 29.5. The van der Waals surface area contributed by atoms with Crippen molar-refractivity contribution in [1.82, 2.24) is 59.5 Å². The van der Waals surface area contributed by atoms with Gasteiger partial charge in [0, 0.05) is 73.9 Å². The molecule has 8 aliphatic rings. The molecule has 0 aliphatic carbocycles. The molecule has 0 saturated carbocycles. The molecule has 4 fully saturated rings. The Bertz CT molecular complexity index is 3550. The average molecular weight is 1340 g/mol. The fraction of sp³-hybridized carbons (Fsp3) is 0.269. The Morgan fingerprint density at radius 2 is 1.05 bits per heavy atom. The van der Waals surface area contributed by atoms with Crippen molar-refractivity contribution in [2.45, 2.75) is 44.9 Å². The number of fused-ring (bicyclic) bond motifs is 8. The van der Waals surface area contributed by atoms with Gasteiger partial charge in [-0.05, 0) is 32.4 Å². The normalized spacial score (nSPS) is 19.5. The van der Waals surface area contributed by atoms with Gasteiger partial charge in [-0.3, -0.25) is 21.5 Å². The quantitative estimate of drug-likeness (QED) is 0.0460. The molecule has 3 aromatic carbocycles. The molecule has 8 amide bonds. The van der Waals surface area contributed by atoms with Crippen LogP contribution < -0.4 is 40.2 Å². The predicted octanol–water partition coefficient (Wildman–Crippen LogP) is 8.29. The first-order valence-corrected chi connectivity index (χ1v) is 31.7. The van der Waals surface area contributed by atoms with Gasteiger partial charge in [-0.25, -0.2) is 34.3 Å². The van der Waals surface area contributed by atoms with Gasteiger partial charge in [0.05, 0.1) is 63.2 Å². The molecule has 12 heterocycles. The first kappa shape index (κ1) is 69.5. The van der Waals surface area contributed by atoms with Crippen LogP contribution in [-0.2, 0) is 9.68 Å². The molecule has 8 bridgehead atoms. The van der Waals surface area contributed by atoms with Crippen molar-refractivity contribution in [1.29, 1.82) is 0 Å². The van der Waals surface area contributed by atoms with Crippen LogP contribution in [-0.4, -0.2) is 180 Å². The van der Waals surface area contributed by atoms with Crippen LogP contribution in [0.3, 0.4) is 0 Å². The number of carbonyl (C=O) groups is 4. The summed E-state index contributed by atoms with van der Waals surface area (Å²) in [5.74, 6) is 4.93. The van der Waals surface area contributed by atoms with E-state index >= 15 is 0 Å². The maximum Gasteiger partial charge on any atom is 1.00 e. The fourth-order valence-electron chi connectivity index (χ4n) is 10.7. The number of amides is 8. The Morgan fingerprint density at radius 3 is 1.52 bits per heavy atom. The summed E-state index contributed by atoms with van der Waals surface area (Å²) in [5, 5.41) is 5.60. The van der Waals surface area contributed by atoms with Crippen LogP contribution >= 0.6 is 23.9 Å². The number of allylic oxidation sites excluding steroid dienone is 1. The van der Waals surface area contributed by atoms with Crippen molar-refractivity contribution in [3.05, 3.63) is 244 Å². The summed E-state index contributed by atoms with van der Waals surface area (Å²) in [6, 6.07) is 33.2. The monoisotopic (exact) mass is 1340 g/mol. The molecule has 92 heavy (non-hydrogen) atoms. The molecule has 8 aliphatic heterocycles. The van der Waals surface area contributed by atoms with E-state index in [1.54, 1.807) is 64.8 Å². The first-order chi connectivity index (χ1) is 44.4. The second-order valence-electron chi connectivity index (χ2n) is 20.7. The second-order valence-corrected chi connectivity index (χ2v) is 23.7. The van der Waals surface area contributed by atoms with Crippen LogP contribution in [0.1, 0.15) is 37.3 Å². The molecule has 25 heteroatoms. The standard InChI is InChI=1S/C15H15P.C12H13N3O3.C11H13N3O2.C10H10N3O2.C9H11BrN2O2.C6H6.C4H5NO.Na/c1-2-13-16(14-9-5-3-6-10-14)15-11-7-4-8-12-15;1-2-6-18-15-10-8-14(12(15)16)5-3-9(10)11-13-4-7-17-11;1-2-14-9-6-13(11(14)15)4-3-8(9)10-5-12-7-16-10;1-12-8-6-13(10(12)14)4-2-7(8)9-11-3-5-15-9;1-2-5-14-12-8-6-11(9(12)13)4-3-7(8)10;1-2-4-6-5-3-1;1-4-5-2-3-6-4;/h2-13H,1H3;2-4,7,10H,1,5-6,8H2;3,5,7,9H,2,4,6H2,1H3;2-3,5,8H,1,4,6H2;2-3,8H,1,4-6H2;1-6H;2-3H,1H3;/q;;;-1;;;;+1/b13-2+;;;;;;;. The van der Waals surface area contributed by atoms with Gasteiger partial charge in [0.25, 0.3) is 6.03 Å². The predicted molar refractivity (Wildman–Crippen MR) is 351 cm³/mol. The maximum absolute atomic E-state index is 12.0. The molecule has 0 radical (unpaired) electrons. The zero-order valence-electron chi connectivity index (χ0n) is 52.0. The molecule has 4 saturated heterocycles. The van der Waals surface area contributed by atoms with Gasteiger partial charge in [0.1, 0.15) is 30.9 Å². The molecule has 0 N–H and O–H groups in total. The molecular weight excluding hydrogens is 1270 g/mol. The molecular formula is C67H73BrN12NaO10P. The summed E-state index contributed by atoms with van der Waals surface area (Å²) in [7, 11) is 3.42. The van der Waals surface area contributed by atoms with E-state index in [1.165, 1.54) is 44.6 Å². The number of oxazole rings is 4. The van der Waals surface area contributed by atoms with Gasteiger partial charge in [0.15, 0.2) is 18.0 Å². The molecule has 15 rings (SSSR count). The van der Waals surface area contributed by atoms with Crippen molar-refractivity contribution in [3.63, 3.8) is 0 Å². The molecule has 7 aromatic rings. The Labute approximate surface area is 567 Å². The van der Waals surface area contributed by atoms with E-state index in [1.807, 2.05) is 71.3 Å². The van der Waals surface area contributed by atoms with E-state index < -0.39 is 0 Å². The number of likely N-dealkylation sites (N-methyl/N-ethyl adjacent to an activating group) is 1. The van der Waals surface area contributed by atoms with Gasteiger partial charge < -0.3 is 47.1 Å². The van der Waals surface area contributed by atoms with Crippen LogP contribution in [0, 0.1) is 14.0 Å². The smallest absolute Gasteiger partial charge is 0.470 e. The van der Waals surface area contributed by atoms with E-state index in [-0.39, 0.29) is 85.8 Å². The topological polar surface area (TPSA) is 217 Å². The Morgan fingerprint density at radius 1 is 0.598 bits per heavy atom. The van der Waals surface area contributed by atoms with Crippen LogP contribution in [0.5, 0.6) is 0 Å². The number of hydroxylamine groups is 4. The van der Waals surface area contributed by atoms with Gasteiger partial charge >= 0.3 is 47.7 Å². The average Bonchev–Trinajstić information content (AvgIpc) is 1.69. The largest absolute Gasteiger partial charge is 1.00 e. The Kier molecular flexibility index (Phi) is 26.3. The summed E-state index contributed by atoms with van der Waals surface area (Å²) in [5.41, 5.74) is 2.93. The summed E-state index contributed by atoms with van der Waals surface area (Å²) < 4.78 is 21.6. The van der Waals surface area contributed by atoms with E-state index in [0.29, 0.717) is 70.8 Å². The molecule has 4 aromatic heterocycles. The number of carbonyl (C=O) groups excluding carboxylic acids is 4. The third-order valence-corrected chi connectivity index (χ3v) is 18.2. The van der Waals surface area contributed by atoms with Crippen LogP contribution in [0.4, 0.5) is 19.2 Å². The molecule has 4 atom stereocenters. The molecule has 22 nitrogen and oxygen atoms in total. The summed E-state index contributed by atoms with van der Waals surface area (Å²) in [6.45, 7) is 19.6.